The van der Waals surface area contributed by atoms with Crippen molar-refractivity contribution >= 4 is 26.5 Å². The SMILES string of the molecule is C[C@H](c1ccc(F)cc1)n1cnnc1CN1CCN(S(=O)(=O)c2cnc(N3CCN4C[C@H](O)CC[C@H]4C3)s2)CC1. The van der Waals surface area contributed by atoms with Gasteiger partial charge in [-0.1, -0.05) is 23.5 Å². The predicted octanol–water partition coefficient (Wildman–Crippen LogP) is 1.63. The summed E-state index contributed by atoms with van der Waals surface area (Å²) in [5.74, 6) is 0.513. The lowest BCUT2D eigenvalue weighted by molar-refractivity contribution is 0.0298. The molecule has 0 saturated carbocycles. The number of hydrogen-bond donors (Lipinski definition) is 1. The monoisotopic (exact) mass is 590 g/mol. The number of nitrogens with zero attached hydrogens (tertiary/aromatic N) is 8. The summed E-state index contributed by atoms with van der Waals surface area (Å²) in [6.45, 7) is 7.66. The lowest BCUT2D eigenvalue weighted by Gasteiger charge is -2.45. The summed E-state index contributed by atoms with van der Waals surface area (Å²) in [4.78, 5) is 11.2. The molecule has 0 unspecified atom stereocenters. The maximum atomic E-state index is 13.5. The second-order valence-corrected chi connectivity index (χ2v) is 14.0. The highest BCUT2D eigenvalue weighted by molar-refractivity contribution is 7.91. The number of piperidine rings is 1. The van der Waals surface area contributed by atoms with Crippen molar-refractivity contribution in [2.24, 2.45) is 0 Å². The molecule has 3 aliphatic rings. The fourth-order valence-electron chi connectivity index (χ4n) is 5.90. The van der Waals surface area contributed by atoms with Crippen LogP contribution in [0.3, 0.4) is 0 Å². The van der Waals surface area contributed by atoms with Gasteiger partial charge in [-0.05, 0) is 37.5 Å². The molecular weight excluding hydrogens is 555 g/mol. The van der Waals surface area contributed by atoms with E-state index >= 15 is 0 Å². The number of fused-ring (bicyclic) bond motifs is 1. The predicted molar refractivity (Wildman–Crippen MR) is 149 cm³/mol. The summed E-state index contributed by atoms with van der Waals surface area (Å²) in [6, 6.07) is 6.74. The molecule has 0 aliphatic carbocycles. The lowest BCUT2D eigenvalue weighted by Crippen LogP contribution is -2.57. The van der Waals surface area contributed by atoms with Crippen molar-refractivity contribution in [1.82, 2.24) is 33.9 Å². The Morgan fingerprint density at radius 3 is 2.62 bits per heavy atom. The van der Waals surface area contributed by atoms with Crippen LogP contribution in [-0.4, -0.2) is 112 Å². The van der Waals surface area contributed by atoms with E-state index < -0.39 is 10.0 Å². The van der Waals surface area contributed by atoms with Crippen molar-refractivity contribution in [2.75, 3.05) is 57.3 Å². The van der Waals surface area contributed by atoms with E-state index in [4.69, 9.17) is 0 Å². The quantitative estimate of drug-likeness (QED) is 0.439. The Kier molecular flexibility index (Phi) is 7.90. The van der Waals surface area contributed by atoms with Gasteiger partial charge in [-0.15, -0.1) is 10.2 Å². The first-order chi connectivity index (χ1) is 19.3. The van der Waals surface area contributed by atoms with Gasteiger partial charge in [0.05, 0.1) is 24.9 Å². The third-order valence-electron chi connectivity index (χ3n) is 8.33. The molecule has 0 bridgehead atoms. The van der Waals surface area contributed by atoms with Crippen LogP contribution < -0.4 is 4.90 Å². The molecule has 3 atom stereocenters. The van der Waals surface area contributed by atoms with Gasteiger partial charge in [-0.25, -0.2) is 17.8 Å². The molecule has 0 spiro atoms. The van der Waals surface area contributed by atoms with Crippen molar-refractivity contribution in [2.45, 2.75) is 48.7 Å². The molecule has 5 heterocycles. The van der Waals surface area contributed by atoms with Gasteiger partial charge in [0.25, 0.3) is 10.0 Å². The molecule has 216 valence electrons. The summed E-state index contributed by atoms with van der Waals surface area (Å²) in [5, 5.41) is 19.1. The Balaban J connectivity index is 1.05. The molecule has 3 aromatic rings. The van der Waals surface area contributed by atoms with Crippen LogP contribution in [0.1, 0.15) is 37.2 Å². The van der Waals surface area contributed by atoms with Crippen LogP contribution in [-0.2, 0) is 16.6 Å². The van der Waals surface area contributed by atoms with E-state index in [1.165, 1.54) is 29.7 Å². The van der Waals surface area contributed by atoms with Crippen molar-refractivity contribution in [3.8, 4) is 0 Å². The second kappa shape index (κ2) is 11.4. The van der Waals surface area contributed by atoms with E-state index in [0.717, 1.165) is 49.0 Å². The molecule has 0 amide bonds. The maximum Gasteiger partial charge on any atom is 0.254 e. The van der Waals surface area contributed by atoms with Gasteiger partial charge >= 0.3 is 0 Å². The van der Waals surface area contributed by atoms with Gasteiger partial charge in [0.1, 0.15) is 18.0 Å². The average Bonchev–Trinajstić information content (AvgIpc) is 3.64. The van der Waals surface area contributed by atoms with Crippen LogP contribution in [0.5, 0.6) is 0 Å². The molecule has 3 saturated heterocycles. The number of rotatable bonds is 7. The van der Waals surface area contributed by atoms with Crippen LogP contribution >= 0.6 is 11.3 Å². The minimum atomic E-state index is -3.63. The van der Waals surface area contributed by atoms with Crippen molar-refractivity contribution in [1.29, 1.82) is 0 Å². The fraction of sp³-hybridized carbons (Fsp3) is 0.577. The van der Waals surface area contributed by atoms with Gasteiger partial charge in [-0.2, -0.15) is 4.31 Å². The Hall–Kier alpha value is -2.49. The minimum absolute atomic E-state index is 0.0551. The van der Waals surface area contributed by atoms with Gasteiger partial charge in [0.2, 0.25) is 0 Å². The van der Waals surface area contributed by atoms with E-state index in [1.54, 1.807) is 22.8 Å². The van der Waals surface area contributed by atoms with Gasteiger partial charge in [0, 0.05) is 58.4 Å². The molecule has 11 nitrogen and oxygen atoms in total. The molecular formula is C26H35FN8O3S2. The minimum Gasteiger partial charge on any atom is -0.392 e. The number of sulfonamides is 1. The van der Waals surface area contributed by atoms with Crippen molar-refractivity contribution in [3.05, 3.63) is 54.0 Å². The zero-order valence-corrected chi connectivity index (χ0v) is 24.1. The average molecular weight is 591 g/mol. The Morgan fingerprint density at radius 2 is 1.85 bits per heavy atom. The summed E-state index contributed by atoms with van der Waals surface area (Å²) in [7, 11) is -3.63. The van der Waals surface area contributed by atoms with E-state index in [1.807, 2.05) is 11.5 Å². The normalized spacial score (nSPS) is 24.2. The number of benzene rings is 1. The van der Waals surface area contributed by atoms with E-state index in [2.05, 4.69) is 29.9 Å². The topological polar surface area (TPSA) is 111 Å². The number of aromatic nitrogens is 4. The molecule has 0 radical (unpaired) electrons. The Labute approximate surface area is 237 Å². The molecule has 14 heteroatoms. The number of aliphatic hydroxyl groups is 1. The molecule has 40 heavy (non-hydrogen) atoms. The number of anilines is 1. The van der Waals surface area contributed by atoms with E-state index in [0.29, 0.717) is 45.3 Å². The highest BCUT2D eigenvalue weighted by Gasteiger charge is 2.35. The first-order valence-electron chi connectivity index (χ1n) is 13.8. The number of hydrogen-bond acceptors (Lipinski definition) is 10. The number of piperazine rings is 2. The van der Waals surface area contributed by atoms with Crippen molar-refractivity contribution in [3.63, 3.8) is 0 Å². The molecule has 6 rings (SSSR count). The lowest BCUT2D eigenvalue weighted by atomic mass is 9.98. The number of halogens is 1. The summed E-state index contributed by atoms with van der Waals surface area (Å²) < 4.78 is 44.1. The zero-order chi connectivity index (χ0) is 27.9. The number of aliphatic hydroxyl groups excluding tert-OH is 1. The molecule has 3 fully saturated rings. The number of thiazole rings is 1. The third kappa shape index (κ3) is 5.65. The van der Waals surface area contributed by atoms with Crippen LogP contribution in [0, 0.1) is 5.82 Å². The summed E-state index contributed by atoms with van der Waals surface area (Å²) >= 11 is 1.25. The fourth-order valence-corrected chi connectivity index (χ4v) is 8.64. The van der Waals surface area contributed by atoms with Crippen LogP contribution in [0.25, 0.3) is 0 Å². The second-order valence-electron chi connectivity index (χ2n) is 10.9. The maximum absolute atomic E-state index is 13.5. The van der Waals surface area contributed by atoms with Crippen LogP contribution in [0.2, 0.25) is 0 Å². The van der Waals surface area contributed by atoms with Crippen LogP contribution in [0.4, 0.5) is 9.52 Å². The Morgan fingerprint density at radius 1 is 1.07 bits per heavy atom. The summed E-state index contributed by atoms with van der Waals surface area (Å²) in [6.07, 6.45) is 4.69. The summed E-state index contributed by atoms with van der Waals surface area (Å²) in [5.41, 5.74) is 0.960. The standard InChI is InChI=1S/C26H35FN8O3S2/c1-19(20-2-4-21(27)5-3-20)35-18-29-30-24(35)17-31-8-12-34(13-9-31)40(37,38)25-14-28-26(39-25)33-11-10-32-16-23(36)7-6-22(32)15-33/h2-5,14,18-19,22-23,36H,6-13,15-17H2,1H3/t19-,22+,23-/m1/s1. The molecule has 1 aromatic carbocycles. The third-order valence-corrected chi connectivity index (χ3v) is 11.7. The van der Waals surface area contributed by atoms with E-state index in [9.17, 15) is 17.9 Å². The van der Waals surface area contributed by atoms with Gasteiger partial charge in [-0.3, -0.25) is 9.80 Å². The first-order valence-corrected chi connectivity index (χ1v) is 16.0. The van der Waals surface area contributed by atoms with Gasteiger partial charge < -0.3 is 14.6 Å². The van der Waals surface area contributed by atoms with Crippen molar-refractivity contribution < 1.29 is 17.9 Å². The molecule has 1 N–H and O–H groups in total. The highest BCUT2D eigenvalue weighted by Crippen LogP contribution is 2.32. The van der Waals surface area contributed by atoms with Crippen LogP contribution in [0.15, 0.2) is 41.0 Å². The molecule has 2 aromatic heterocycles. The van der Waals surface area contributed by atoms with E-state index in [-0.39, 0.29) is 22.2 Å². The Bertz CT molecular complexity index is 1410. The van der Waals surface area contributed by atoms with Gasteiger partial charge in [0.15, 0.2) is 9.34 Å². The first kappa shape index (κ1) is 27.7. The molecule has 3 aliphatic heterocycles. The largest absolute Gasteiger partial charge is 0.392 e. The smallest absolute Gasteiger partial charge is 0.254 e. The zero-order valence-electron chi connectivity index (χ0n) is 22.5. The highest BCUT2D eigenvalue weighted by atomic mass is 32.2.